The average Bonchev–Trinajstić information content (AvgIpc) is 2.49. The van der Waals surface area contributed by atoms with Gasteiger partial charge in [0.2, 0.25) is 5.91 Å². The number of carbonyl (C=O) groups excluding carboxylic acids is 2. The smallest absolute Gasteiger partial charge is 0.220 e. The highest BCUT2D eigenvalue weighted by Crippen LogP contribution is 1.91. The third kappa shape index (κ3) is 17.1. The van der Waals surface area contributed by atoms with E-state index in [4.69, 9.17) is 14.2 Å². The highest BCUT2D eigenvalue weighted by atomic mass is 16.5. The van der Waals surface area contributed by atoms with Crippen LogP contribution in [0.15, 0.2) is 0 Å². The summed E-state index contributed by atoms with van der Waals surface area (Å²) < 4.78 is 16.1. The highest BCUT2D eigenvalue weighted by Gasteiger charge is 2.02. The highest BCUT2D eigenvalue weighted by molar-refractivity contribution is 5.83. The Balaban J connectivity index is 3.11. The van der Waals surface area contributed by atoms with Crippen molar-refractivity contribution in [2.75, 3.05) is 46.2 Å². The number of unbranched alkanes of at least 4 members (excludes halogenated alkanes) is 1. The fourth-order valence-corrected chi connectivity index (χ4v) is 1.57. The maximum absolute atomic E-state index is 11.3. The van der Waals surface area contributed by atoms with Gasteiger partial charge in [-0.05, 0) is 19.8 Å². The molecule has 0 aromatic heterocycles. The molecule has 0 atom stereocenters. The molecule has 0 aliphatic carbocycles. The first-order valence-corrected chi connectivity index (χ1v) is 8.16. The number of amides is 1. The first kappa shape index (κ1) is 21.0. The predicted octanol–water partition coefficient (Wildman–Crippen LogP) is 1.71. The molecule has 0 unspecified atom stereocenters. The SMILES string of the molecule is CCCCOCCOCCOCCCNC(=O)CCC(C)=O. The Bertz CT molecular complexity index is 284. The number of nitrogens with one attached hydrogen (secondary N) is 1. The van der Waals surface area contributed by atoms with Crippen LogP contribution in [0.3, 0.4) is 0 Å². The van der Waals surface area contributed by atoms with Crippen LogP contribution in [0.1, 0.15) is 46.0 Å². The van der Waals surface area contributed by atoms with E-state index in [9.17, 15) is 9.59 Å². The van der Waals surface area contributed by atoms with Crippen molar-refractivity contribution in [1.82, 2.24) is 5.32 Å². The van der Waals surface area contributed by atoms with Crippen LogP contribution in [0.25, 0.3) is 0 Å². The minimum absolute atomic E-state index is 0.0363. The van der Waals surface area contributed by atoms with Gasteiger partial charge in [-0.2, -0.15) is 0 Å². The summed E-state index contributed by atoms with van der Waals surface area (Å²) in [6.45, 7) is 7.91. The van der Waals surface area contributed by atoms with Crippen molar-refractivity contribution in [3.63, 3.8) is 0 Å². The van der Waals surface area contributed by atoms with E-state index in [1.165, 1.54) is 6.92 Å². The minimum Gasteiger partial charge on any atom is -0.379 e. The van der Waals surface area contributed by atoms with Gasteiger partial charge in [0, 0.05) is 32.6 Å². The van der Waals surface area contributed by atoms with Crippen molar-refractivity contribution in [1.29, 1.82) is 0 Å². The van der Waals surface area contributed by atoms with Gasteiger partial charge in [-0.3, -0.25) is 4.79 Å². The Morgan fingerprint density at radius 1 is 0.818 bits per heavy atom. The molecule has 6 heteroatoms. The summed E-state index contributed by atoms with van der Waals surface area (Å²) in [5.41, 5.74) is 0. The summed E-state index contributed by atoms with van der Waals surface area (Å²) >= 11 is 0. The quantitative estimate of drug-likeness (QED) is 0.439. The van der Waals surface area contributed by atoms with E-state index in [0.717, 1.165) is 25.9 Å². The monoisotopic (exact) mass is 317 g/mol. The minimum atomic E-state index is -0.0818. The number of hydrogen-bond acceptors (Lipinski definition) is 5. The molecule has 0 saturated carbocycles. The summed E-state index contributed by atoms with van der Waals surface area (Å²) in [5, 5.41) is 2.75. The van der Waals surface area contributed by atoms with Gasteiger partial charge in [0.1, 0.15) is 5.78 Å². The third-order valence-electron chi connectivity index (χ3n) is 2.88. The summed E-state index contributed by atoms with van der Waals surface area (Å²) in [6, 6.07) is 0. The maximum Gasteiger partial charge on any atom is 0.220 e. The van der Waals surface area contributed by atoms with Crippen molar-refractivity contribution in [3.8, 4) is 0 Å². The molecule has 1 amide bonds. The normalized spacial score (nSPS) is 10.6. The van der Waals surface area contributed by atoms with E-state index >= 15 is 0 Å². The Morgan fingerprint density at radius 3 is 1.91 bits per heavy atom. The topological polar surface area (TPSA) is 73.9 Å². The van der Waals surface area contributed by atoms with Gasteiger partial charge in [0.15, 0.2) is 0 Å². The second-order valence-corrected chi connectivity index (χ2v) is 5.10. The van der Waals surface area contributed by atoms with Crippen molar-refractivity contribution >= 4 is 11.7 Å². The number of rotatable bonds is 16. The Kier molecular flexibility index (Phi) is 15.7. The van der Waals surface area contributed by atoms with Gasteiger partial charge in [-0.15, -0.1) is 0 Å². The molecular formula is C16H31NO5. The lowest BCUT2D eigenvalue weighted by Crippen LogP contribution is -2.25. The average molecular weight is 317 g/mol. The van der Waals surface area contributed by atoms with Crippen LogP contribution < -0.4 is 5.32 Å². The largest absolute Gasteiger partial charge is 0.379 e. The van der Waals surface area contributed by atoms with Gasteiger partial charge in [0.25, 0.3) is 0 Å². The molecule has 0 aromatic carbocycles. The van der Waals surface area contributed by atoms with E-state index in [1.54, 1.807) is 0 Å². The molecule has 0 aromatic rings. The van der Waals surface area contributed by atoms with E-state index in [-0.39, 0.29) is 18.1 Å². The molecule has 0 aliphatic heterocycles. The van der Waals surface area contributed by atoms with Crippen LogP contribution in [-0.2, 0) is 23.8 Å². The first-order chi connectivity index (χ1) is 10.7. The summed E-state index contributed by atoms with van der Waals surface area (Å²) in [7, 11) is 0. The summed E-state index contributed by atoms with van der Waals surface area (Å²) in [4.78, 5) is 22.0. The van der Waals surface area contributed by atoms with E-state index in [0.29, 0.717) is 46.0 Å². The van der Waals surface area contributed by atoms with E-state index in [2.05, 4.69) is 12.2 Å². The first-order valence-electron chi connectivity index (χ1n) is 8.16. The summed E-state index contributed by atoms with van der Waals surface area (Å²) in [5.74, 6) is -0.0455. The molecule has 0 bridgehead atoms. The molecule has 1 N–H and O–H groups in total. The zero-order chi connectivity index (χ0) is 16.5. The van der Waals surface area contributed by atoms with Crippen LogP contribution in [-0.4, -0.2) is 57.9 Å². The molecule has 0 spiro atoms. The van der Waals surface area contributed by atoms with Gasteiger partial charge in [-0.25, -0.2) is 0 Å². The molecule has 0 aliphatic rings. The molecule has 0 saturated heterocycles. The molecule has 130 valence electrons. The van der Waals surface area contributed by atoms with Crippen molar-refractivity contribution in [2.45, 2.75) is 46.0 Å². The maximum atomic E-state index is 11.3. The van der Waals surface area contributed by atoms with Crippen molar-refractivity contribution in [3.05, 3.63) is 0 Å². The molecule has 6 nitrogen and oxygen atoms in total. The van der Waals surface area contributed by atoms with Crippen LogP contribution in [0, 0.1) is 0 Å². The number of hydrogen-bond donors (Lipinski definition) is 1. The van der Waals surface area contributed by atoms with Crippen molar-refractivity contribution < 1.29 is 23.8 Å². The molecule has 0 radical (unpaired) electrons. The van der Waals surface area contributed by atoms with Crippen LogP contribution in [0.5, 0.6) is 0 Å². The Labute approximate surface area is 133 Å². The van der Waals surface area contributed by atoms with Crippen molar-refractivity contribution in [2.24, 2.45) is 0 Å². The predicted molar refractivity (Wildman–Crippen MR) is 84.9 cm³/mol. The second kappa shape index (κ2) is 16.4. The zero-order valence-corrected chi connectivity index (χ0v) is 14.0. The lowest BCUT2D eigenvalue weighted by atomic mass is 10.2. The lowest BCUT2D eigenvalue weighted by Gasteiger charge is -2.07. The molecule has 0 rings (SSSR count). The molecule has 22 heavy (non-hydrogen) atoms. The standard InChI is InChI=1S/C16H31NO5/c1-3-4-9-20-11-13-22-14-12-21-10-5-8-17-16(19)7-6-15(2)18/h3-14H2,1-2H3,(H,17,19). The molecule has 0 heterocycles. The van der Waals surface area contributed by atoms with E-state index in [1.807, 2.05) is 0 Å². The number of ether oxygens (including phenoxy) is 3. The van der Waals surface area contributed by atoms with Gasteiger partial charge >= 0.3 is 0 Å². The zero-order valence-electron chi connectivity index (χ0n) is 14.0. The lowest BCUT2D eigenvalue weighted by molar-refractivity contribution is -0.124. The second-order valence-electron chi connectivity index (χ2n) is 5.10. The number of ketones is 1. The van der Waals surface area contributed by atoms with Gasteiger partial charge < -0.3 is 24.3 Å². The molecule has 0 fully saturated rings. The Hall–Kier alpha value is -0.980. The van der Waals surface area contributed by atoms with Gasteiger partial charge in [0.05, 0.1) is 26.4 Å². The fraction of sp³-hybridized carbons (Fsp3) is 0.875. The number of carbonyl (C=O) groups is 2. The van der Waals surface area contributed by atoms with Gasteiger partial charge in [-0.1, -0.05) is 13.3 Å². The van der Waals surface area contributed by atoms with Crippen LogP contribution in [0.2, 0.25) is 0 Å². The Morgan fingerprint density at radius 2 is 1.36 bits per heavy atom. The van der Waals surface area contributed by atoms with Crippen LogP contribution in [0.4, 0.5) is 0 Å². The van der Waals surface area contributed by atoms with E-state index < -0.39 is 0 Å². The van der Waals surface area contributed by atoms with Crippen LogP contribution >= 0.6 is 0 Å². The third-order valence-corrected chi connectivity index (χ3v) is 2.88. The number of Topliss-reactive ketones (excluding diaryl/α,β-unsaturated/α-hetero) is 1. The molecular weight excluding hydrogens is 286 g/mol. The fourth-order valence-electron chi connectivity index (χ4n) is 1.57. The summed E-state index contributed by atoms with van der Waals surface area (Å²) in [6.07, 6.45) is 3.57.